The number of hydrogen-bond acceptors (Lipinski definition) is 4. The van der Waals surface area contributed by atoms with E-state index in [2.05, 4.69) is 10.2 Å². The number of urea groups is 1. The van der Waals surface area contributed by atoms with Gasteiger partial charge in [-0.3, -0.25) is 19.8 Å². The van der Waals surface area contributed by atoms with Crippen LogP contribution in [0.3, 0.4) is 0 Å². The highest BCUT2D eigenvalue weighted by Gasteiger charge is 2.39. The molecule has 6 nitrogen and oxygen atoms in total. The molecule has 0 spiro atoms. The maximum atomic E-state index is 12.2. The highest BCUT2D eigenvalue weighted by Crippen LogP contribution is 2.25. The van der Waals surface area contributed by atoms with Gasteiger partial charge in [-0.1, -0.05) is 13.3 Å². The molecule has 2 fully saturated rings. The summed E-state index contributed by atoms with van der Waals surface area (Å²) in [7, 11) is 2.00. The van der Waals surface area contributed by atoms with Crippen molar-refractivity contribution in [1.82, 2.24) is 15.1 Å². The van der Waals surface area contributed by atoms with Crippen molar-refractivity contribution in [2.24, 2.45) is 5.92 Å². The molecule has 6 heteroatoms. The van der Waals surface area contributed by atoms with Crippen molar-refractivity contribution in [3.8, 4) is 0 Å². The summed E-state index contributed by atoms with van der Waals surface area (Å²) in [5.74, 6) is -1.50. The summed E-state index contributed by atoms with van der Waals surface area (Å²) < 4.78 is 0. The summed E-state index contributed by atoms with van der Waals surface area (Å²) in [6.07, 6.45) is 3.61. The Morgan fingerprint density at radius 1 is 1.32 bits per heavy atom. The minimum absolute atomic E-state index is 0.347. The fourth-order valence-electron chi connectivity index (χ4n) is 2.37. The van der Waals surface area contributed by atoms with Gasteiger partial charge in [0.2, 0.25) is 11.8 Å². The van der Waals surface area contributed by atoms with Crippen molar-refractivity contribution in [2.45, 2.75) is 38.6 Å². The van der Waals surface area contributed by atoms with E-state index in [0.717, 1.165) is 6.42 Å². The molecule has 1 unspecified atom stereocenters. The van der Waals surface area contributed by atoms with Gasteiger partial charge < -0.3 is 4.90 Å². The molecule has 0 radical (unpaired) electrons. The Balaban J connectivity index is 1.95. The molecule has 0 aromatic carbocycles. The van der Waals surface area contributed by atoms with Gasteiger partial charge in [0.25, 0.3) is 0 Å². The van der Waals surface area contributed by atoms with Gasteiger partial charge in [-0.2, -0.15) is 0 Å². The minimum Gasteiger partial charge on any atom is -0.302 e. The Morgan fingerprint density at radius 2 is 2.00 bits per heavy atom. The van der Waals surface area contributed by atoms with Gasteiger partial charge in [-0.25, -0.2) is 4.79 Å². The number of imide groups is 2. The van der Waals surface area contributed by atoms with Crippen LogP contribution >= 0.6 is 0 Å². The van der Waals surface area contributed by atoms with Gasteiger partial charge >= 0.3 is 6.03 Å². The third-order valence-corrected chi connectivity index (χ3v) is 3.78. The number of nitrogens with zero attached hydrogens (tertiary/aromatic N) is 2. The lowest BCUT2D eigenvalue weighted by molar-refractivity contribution is -0.143. The number of nitrogens with one attached hydrogen (secondary N) is 1. The fraction of sp³-hybridized carbons (Fsp3) is 0.769. The molecule has 1 saturated carbocycles. The van der Waals surface area contributed by atoms with Gasteiger partial charge in [-0.05, 0) is 26.3 Å². The van der Waals surface area contributed by atoms with Crippen LogP contribution in [0.15, 0.2) is 0 Å². The molecule has 1 heterocycles. The van der Waals surface area contributed by atoms with Crippen molar-refractivity contribution in [3.63, 3.8) is 0 Å². The van der Waals surface area contributed by atoms with E-state index >= 15 is 0 Å². The van der Waals surface area contributed by atoms with Crippen molar-refractivity contribution in [1.29, 1.82) is 0 Å². The smallest absolute Gasteiger partial charge is 0.302 e. The molecule has 1 atom stereocenters. The van der Waals surface area contributed by atoms with Crippen LogP contribution in [-0.4, -0.2) is 53.8 Å². The molecule has 1 aliphatic heterocycles. The van der Waals surface area contributed by atoms with Gasteiger partial charge in [-0.15, -0.1) is 0 Å². The zero-order valence-corrected chi connectivity index (χ0v) is 11.5. The Bertz CT molecular complexity index is 393. The number of carbonyl (C=O) groups is 3. The van der Waals surface area contributed by atoms with E-state index < -0.39 is 17.9 Å². The molecule has 106 valence electrons. The van der Waals surface area contributed by atoms with Gasteiger partial charge in [0.1, 0.15) is 5.92 Å². The van der Waals surface area contributed by atoms with E-state index in [1.54, 1.807) is 0 Å². The maximum Gasteiger partial charge on any atom is 0.330 e. The molecule has 1 saturated heterocycles. The van der Waals surface area contributed by atoms with Crippen LogP contribution in [0, 0.1) is 5.92 Å². The second-order valence-electron chi connectivity index (χ2n) is 5.34. The van der Waals surface area contributed by atoms with Crippen LogP contribution in [0.5, 0.6) is 0 Å². The first-order valence-electron chi connectivity index (χ1n) is 6.91. The Hall–Kier alpha value is -1.43. The predicted molar refractivity (Wildman–Crippen MR) is 69.3 cm³/mol. The lowest BCUT2D eigenvalue weighted by Gasteiger charge is -2.31. The van der Waals surface area contributed by atoms with Gasteiger partial charge in [0, 0.05) is 19.1 Å². The SMILES string of the molecule is CCCC1C(=O)NC(=O)N(CCN(C)C2CC2)C1=O. The quantitative estimate of drug-likeness (QED) is 0.715. The number of carbonyl (C=O) groups excluding carboxylic acids is 3. The largest absolute Gasteiger partial charge is 0.330 e. The van der Waals surface area contributed by atoms with Crippen LogP contribution in [0.25, 0.3) is 0 Å². The minimum atomic E-state index is -0.700. The highest BCUT2D eigenvalue weighted by atomic mass is 16.2. The molecular formula is C13H21N3O3. The lowest BCUT2D eigenvalue weighted by Crippen LogP contribution is -2.59. The normalized spacial score (nSPS) is 24.1. The molecule has 1 N–H and O–H groups in total. The first-order chi connectivity index (χ1) is 9.04. The van der Waals surface area contributed by atoms with Crippen LogP contribution < -0.4 is 5.32 Å². The molecule has 1 aliphatic carbocycles. The van der Waals surface area contributed by atoms with E-state index in [-0.39, 0.29) is 5.91 Å². The fourth-order valence-corrected chi connectivity index (χ4v) is 2.37. The van der Waals surface area contributed by atoms with E-state index in [4.69, 9.17) is 0 Å². The zero-order valence-electron chi connectivity index (χ0n) is 11.5. The number of rotatable bonds is 6. The molecule has 19 heavy (non-hydrogen) atoms. The van der Waals surface area contributed by atoms with Crippen molar-refractivity contribution < 1.29 is 14.4 Å². The summed E-state index contributed by atoms with van der Waals surface area (Å²) in [6.45, 7) is 2.93. The first kappa shape index (κ1) is 14.0. The molecule has 0 aromatic rings. The third-order valence-electron chi connectivity index (χ3n) is 3.78. The Kier molecular flexibility index (Phi) is 4.19. The number of likely N-dealkylation sites (N-methyl/N-ethyl adjacent to an activating group) is 1. The summed E-state index contributed by atoms with van der Waals surface area (Å²) in [5.41, 5.74) is 0. The topological polar surface area (TPSA) is 69.7 Å². The van der Waals surface area contributed by atoms with Crippen LogP contribution in [0.4, 0.5) is 4.79 Å². The monoisotopic (exact) mass is 267 g/mol. The Labute approximate surface area is 113 Å². The zero-order chi connectivity index (χ0) is 14.0. The molecule has 0 aromatic heterocycles. The number of barbiturate groups is 1. The molecule has 2 rings (SSSR count). The number of hydrogen-bond donors (Lipinski definition) is 1. The standard InChI is InChI=1S/C13H21N3O3/c1-3-4-10-11(17)14-13(19)16(12(10)18)8-7-15(2)9-5-6-9/h9-10H,3-8H2,1-2H3,(H,14,17,19). The van der Waals surface area contributed by atoms with Crippen molar-refractivity contribution >= 4 is 17.8 Å². The third kappa shape index (κ3) is 3.12. The molecule has 4 amide bonds. The second kappa shape index (κ2) is 5.69. The molecule has 0 bridgehead atoms. The van der Waals surface area contributed by atoms with E-state index in [1.807, 2.05) is 14.0 Å². The summed E-state index contributed by atoms with van der Waals surface area (Å²) >= 11 is 0. The number of amides is 4. The van der Waals surface area contributed by atoms with E-state index in [1.165, 1.54) is 17.7 Å². The highest BCUT2D eigenvalue weighted by molar-refractivity contribution is 6.16. The van der Waals surface area contributed by atoms with Gasteiger partial charge in [0.15, 0.2) is 0 Å². The van der Waals surface area contributed by atoms with Crippen LogP contribution in [0.2, 0.25) is 0 Å². The first-order valence-corrected chi connectivity index (χ1v) is 6.91. The molecule has 2 aliphatic rings. The van der Waals surface area contributed by atoms with E-state index in [9.17, 15) is 14.4 Å². The van der Waals surface area contributed by atoms with Crippen LogP contribution in [-0.2, 0) is 9.59 Å². The summed E-state index contributed by atoms with van der Waals surface area (Å²) in [4.78, 5) is 38.8. The van der Waals surface area contributed by atoms with Crippen molar-refractivity contribution in [2.75, 3.05) is 20.1 Å². The van der Waals surface area contributed by atoms with Gasteiger partial charge in [0.05, 0.1) is 0 Å². The summed E-state index contributed by atoms with van der Waals surface area (Å²) in [6, 6.07) is 0.0163. The average molecular weight is 267 g/mol. The average Bonchev–Trinajstić information content (AvgIpc) is 3.18. The maximum absolute atomic E-state index is 12.2. The second-order valence-corrected chi connectivity index (χ2v) is 5.34. The van der Waals surface area contributed by atoms with Crippen LogP contribution in [0.1, 0.15) is 32.6 Å². The molecular weight excluding hydrogens is 246 g/mol. The van der Waals surface area contributed by atoms with Crippen molar-refractivity contribution in [3.05, 3.63) is 0 Å². The van der Waals surface area contributed by atoms with E-state index in [0.29, 0.717) is 25.6 Å². The Morgan fingerprint density at radius 3 is 2.58 bits per heavy atom. The predicted octanol–water partition coefficient (Wildman–Crippen LogP) is 0.575. The lowest BCUT2D eigenvalue weighted by atomic mass is 9.99. The summed E-state index contributed by atoms with van der Waals surface area (Å²) in [5, 5.41) is 2.27.